The number of carbonyl (C=O) groups is 1. The van der Waals surface area contributed by atoms with Gasteiger partial charge in [-0.05, 0) is 38.0 Å². The minimum absolute atomic E-state index is 0.0664. The summed E-state index contributed by atoms with van der Waals surface area (Å²) in [6, 6.07) is 4.35. The Morgan fingerprint density at radius 1 is 1.21 bits per heavy atom. The van der Waals surface area contributed by atoms with Gasteiger partial charge < -0.3 is 9.84 Å². The average molecular weight is 366 g/mol. The molecule has 0 spiro atoms. The van der Waals surface area contributed by atoms with Gasteiger partial charge in [-0.25, -0.2) is 0 Å². The lowest BCUT2D eigenvalue weighted by Crippen LogP contribution is -2.28. The number of hydrogen-bond donors (Lipinski definition) is 0. The number of carbonyl (C=O) groups excluding carboxylic acids is 1. The van der Waals surface area contributed by atoms with Crippen LogP contribution in [0.3, 0.4) is 0 Å². The van der Waals surface area contributed by atoms with Crippen LogP contribution in [0.25, 0.3) is 0 Å². The number of ether oxygens (including phenoxy) is 1. The van der Waals surface area contributed by atoms with Crippen LogP contribution in [-0.2, 0) is 14.8 Å². The van der Waals surface area contributed by atoms with E-state index in [2.05, 4.69) is 4.40 Å². The molecule has 0 aliphatic heterocycles. The zero-order chi connectivity index (χ0) is 18.8. The van der Waals surface area contributed by atoms with Crippen molar-refractivity contribution in [3.8, 4) is 5.75 Å². The second kappa shape index (κ2) is 6.80. The Hall–Kier alpha value is -2.10. The lowest BCUT2D eigenvalue weighted by Gasteiger charge is -2.20. The summed E-state index contributed by atoms with van der Waals surface area (Å²) in [6.07, 6.45) is 0.524. The molecular weight excluding hydrogens is 351 g/mol. The number of benzene rings is 1. The van der Waals surface area contributed by atoms with Gasteiger partial charge in [-0.1, -0.05) is 19.1 Å². The van der Waals surface area contributed by atoms with E-state index >= 15 is 0 Å². The monoisotopic (exact) mass is 366 g/mol. The maximum atomic E-state index is 12.2. The zero-order valence-electron chi connectivity index (χ0n) is 13.0. The van der Waals surface area contributed by atoms with Gasteiger partial charge >= 0.3 is 21.5 Å². The molecule has 0 atom stereocenters. The highest BCUT2D eigenvalue weighted by molar-refractivity contribution is 7.91. The molecule has 0 amide bonds. The molecule has 1 rings (SSSR count). The fourth-order valence-corrected chi connectivity index (χ4v) is 1.70. The summed E-state index contributed by atoms with van der Waals surface area (Å²) < 4.78 is 65.4. The van der Waals surface area contributed by atoms with Gasteiger partial charge in [0.05, 0.1) is 5.41 Å². The molecule has 0 unspecified atom stereocenters. The van der Waals surface area contributed by atoms with Crippen molar-refractivity contribution >= 4 is 21.9 Å². The first kappa shape index (κ1) is 19.9. The van der Waals surface area contributed by atoms with Gasteiger partial charge in [0.2, 0.25) is 0 Å². The summed E-state index contributed by atoms with van der Waals surface area (Å²) in [6.45, 7) is 5.15. The van der Waals surface area contributed by atoms with E-state index < -0.39 is 38.4 Å². The second-order valence-corrected chi connectivity index (χ2v) is 7.06. The summed E-state index contributed by atoms with van der Waals surface area (Å²) >= 11 is 0. The van der Waals surface area contributed by atoms with Crippen LogP contribution in [0.15, 0.2) is 28.7 Å². The van der Waals surface area contributed by atoms with Crippen LogP contribution in [-0.4, -0.2) is 25.8 Å². The fraction of sp³-hybridized carbons (Fsp3) is 0.429. The summed E-state index contributed by atoms with van der Waals surface area (Å²) in [7, 11) is -5.91. The summed E-state index contributed by atoms with van der Waals surface area (Å²) in [5.74, 6) is -2.02. The van der Waals surface area contributed by atoms with Crippen molar-refractivity contribution in [3.63, 3.8) is 0 Å². The largest absolute Gasteiger partial charge is 0.858 e. The maximum Gasteiger partial charge on any atom is 0.518 e. The summed E-state index contributed by atoms with van der Waals surface area (Å²) in [5.41, 5.74) is -6.77. The third kappa shape index (κ3) is 4.70. The van der Waals surface area contributed by atoms with E-state index in [1.807, 2.05) is 0 Å². The van der Waals surface area contributed by atoms with Crippen LogP contribution < -0.4 is 9.84 Å². The Bertz CT molecular complexity index is 737. The van der Waals surface area contributed by atoms with Crippen LogP contribution in [0.4, 0.5) is 13.2 Å². The molecule has 134 valence electrons. The number of alkyl halides is 3. The zero-order valence-corrected chi connectivity index (χ0v) is 13.9. The lowest BCUT2D eigenvalue weighted by atomic mass is 9.91. The molecule has 0 aliphatic rings. The average Bonchev–Trinajstić information content (AvgIpc) is 2.46. The van der Waals surface area contributed by atoms with Crippen LogP contribution in [0.1, 0.15) is 32.8 Å². The van der Waals surface area contributed by atoms with Gasteiger partial charge in [0.1, 0.15) is 5.75 Å². The number of halogens is 3. The third-order valence-corrected chi connectivity index (χ3v) is 4.24. The highest BCUT2D eigenvalue weighted by Gasteiger charge is 2.45. The molecule has 0 saturated heterocycles. The molecule has 0 aliphatic carbocycles. The van der Waals surface area contributed by atoms with Gasteiger partial charge in [-0.15, -0.1) is 0 Å². The van der Waals surface area contributed by atoms with Crippen molar-refractivity contribution < 1.29 is 36.2 Å². The first-order chi connectivity index (χ1) is 10.8. The van der Waals surface area contributed by atoms with E-state index in [0.717, 1.165) is 24.3 Å². The third-order valence-electron chi connectivity index (χ3n) is 3.24. The molecule has 0 radical (unpaired) electrons. The van der Waals surface area contributed by atoms with E-state index in [-0.39, 0.29) is 5.75 Å². The SMILES string of the molecule is CCC(C)(C)C(=O)Oc1ccc(/C([O-])=N/S(=O)(=O)C(F)(F)F)cc1. The van der Waals surface area contributed by atoms with Crippen LogP contribution in [0.5, 0.6) is 5.75 Å². The minimum Gasteiger partial charge on any atom is -0.858 e. The Labute approximate surface area is 137 Å². The highest BCUT2D eigenvalue weighted by Crippen LogP contribution is 2.26. The van der Waals surface area contributed by atoms with Crippen molar-refractivity contribution in [3.05, 3.63) is 29.8 Å². The molecule has 1 aromatic carbocycles. The molecule has 6 nitrogen and oxygen atoms in total. The van der Waals surface area contributed by atoms with E-state index in [4.69, 9.17) is 4.74 Å². The molecular formula is C14H15F3NO5S-. The van der Waals surface area contributed by atoms with Crippen LogP contribution >= 0.6 is 0 Å². The van der Waals surface area contributed by atoms with Crippen LogP contribution in [0, 0.1) is 5.41 Å². The lowest BCUT2D eigenvalue weighted by molar-refractivity contribution is -0.212. The molecule has 0 bridgehead atoms. The van der Waals surface area contributed by atoms with Crippen LogP contribution in [0.2, 0.25) is 0 Å². The Kier molecular flexibility index (Phi) is 5.65. The van der Waals surface area contributed by atoms with Gasteiger partial charge in [0.25, 0.3) is 0 Å². The van der Waals surface area contributed by atoms with Gasteiger partial charge in [-0.3, -0.25) is 4.79 Å². The van der Waals surface area contributed by atoms with E-state index in [0.29, 0.717) is 6.42 Å². The quantitative estimate of drug-likeness (QED) is 0.344. The molecule has 0 aromatic heterocycles. The number of rotatable bonds is 5. The summed E-state index contributed by atoms with van der Waals surface area (Å²) in [4.78, 5) is 11.9. The van der Waals surface area contributed by atoms with Crippen molar-refractivity contribution in [1.82, 2.24) is 0 Å². The number of hydrogen-bond acceptors (Lipinski definition) is 5. The van der Waals surface area contributed by atoms with Crippen molar-refractivity contribution in [1.29, 1.82) is 0 Å². The number of sulfonamides is 1. The molecule has 0 saturated carbocycles. The van der Waals surface area contributed by atoms with Gasteiger partial charge in [0.15, 0.2) is 0 Å². The molecule has 0 N–H and O–H groups in total. The van der Waals surface area contributed by atoms with E-state index in [1.165, 1.54) is 0 Å². The molecule has 10 heteroatoms. The molecule has 1 aromatic rings. The topological polar surface area (TPSA) is 95.9 Å². The van der Waals surface area contributed by atoms with Gasteiger partial charge in [-0.2, -0.15) is 26.0 Å². The van der Waals surface area contributed by atoms with E-state index in [1.54, 1.807) is 20.8 Å². The van der Waals surface area contributed by atoms with E-state index in [9.17, 15) is 31.5 Å². The normalized spacial score (nSPS) is 13.7. The molecule has 0 fully saturated rings. The predicted molar refractivity (Wildman–Crippen MR) is 77.7 cm³/mol. The van der Waals surface area contributed by atoms with Crippen molar-refractivity contribution in [2.75, 3.05) is 0 Å². The maximum absolute atomic E-state index is 12.2. The predicted octanol–water partition coefficient (Wildman–Crippen LogP) is 1.98. The summed E-state index contributed by atoms with van der Waals surface area (Å²) in [5, 5.41) is 11.5. The number of esters is 1. The fourth-order valence-electron chi connectivity index (χ4n) is 1.27. The molecule has 0 heterocycles. The first-order valence-corrected chi connectivity index (χ1v) is 8.15. The number of nitrogens with zero attached hydrogens (tertiary/aromatic N) is 1. The standard InChI is InChI=1S/C14H16F3NO5S/c1-4-13(2,3)12(20)23-10-7-5-9(6-8-10)11(19)18-24(21,22)14(15,16)17/h5-8H,4H2,1-3H3,(H,18,19)/p-1. The minimum atomic E-state index is -5.91. The molecule has 24 heavy (non-hydrogen) atoms. The Balaban J connectivity index is 2.98. The Morgan fingerprint density at radius 3 is 2.12 bits per heavy atom. The highest BCUT2D eigenvalue weighted by atomic mass is 32.2. The Morgan fingerprint density at radius 2 is 1.71 bits per heavy atom. The smallest absolute Gasteiger partial charge is 0.518 e. The second-order valence-electron chi connectivity index (χ2n) is 5.47. The van der Waals surface area contributed by atoms with Crippen molar-refractivity contribution in [2.24, 2.45) is 9.81 Å². The van der Waals surface area contributed by atoms with Gasteiger partial charge in [0, 0.05) is 5.90 Å². The first-order valence-electron chi connectivity index (χ1n) is 6.71. The van der Waals surface area contributed by atoms with Crippen molar-refractivity contribution in [2.45, 2.75) is 32.7 Å².